The Kier molecular flexibility index (Phi) is 5.41. The van der Waals surface area contributed by atoms with E-state index < -0.39 is 163 Å². The van der Waals surface area contributed by atoms with Crippen LogP contribution in [0.4, 0.5) is 0 Å². The summed E-state index contributed by atoms with van der Waals surface area (Å²) < 4.78 is 273. The van der Waals surface area contributed by atoms with Gasteiger partial charge in [-0.3, -0.25) is 13.7 Å². The molecule has 348 valence electrons. The molecule has 0 unspecified atom stereocenters. The Morgan fingerprint density at radius 3 is 2.04 bits per heavy atom. The minimum atomic E-state index is -4.62. The van der Waals surface area contributed by atoms with Crippen LogP contribution in [0.1, 0.15) is 117 Å². The van der Waals surface area contributed by atoms with Gasteiger partial charge in [0.25, 0.3) is 6.33 Å². The van der Waals surface area contributed by atoms with Gasteiger partial charge in [0.15, 0.2) is 0 Å². The lowest BCUT2D eigenvalue weighted by molar-refractivity contribution is -0.571. The quantitative estimate of drug-likeness (QED) is 0.112. The fraction of sp³-hybridized carbons (Fsp3) is 0.182. The van der Waals surface area contributed by atoms with Crippen molar-refractivity contribution in [2.45, 2.75) is 77.2 Å². The van der Waals surface area contributed by atoms with Gasteiger partial charge in [0.1, 0.15) is 17.3 Å². The zero-order chi connectivity index (χ0) is 73.5. The molecule has 3 aromatic heterocycles. The lowest BCUT2D eigenvalue weighted by Gasteiger charge is -2.42. The third-order valence-corrected chi connectivity index (χ3v) is 12.5. The first-order chi connectivity index (χ1) is 46.3. The molecule has 0 aliphatic heterocycles. The van der Waals surface area contributed by atoms with Crippen LogP contribution in [0.15, 0.2) is 200 Å². The van der Waals surface area contributed by atoms with Crippen molar-refractivity contribution in [1.82, 2.24) is 14.1 Å². The Hall–Kier alpha value is -8.02. The second kappa shape index (κ2) is 16.8. The van der Waals surface area contributed by atoms with Gasteiger partial charge in [0.2, 0.25) is 0 Å². The predicted octanol–water partition coefficient (Wildman–Crippen LogP) is 16.6. The van der Waals surface area contributed by atoms with Crippen molar-refractivity contribution in [1.29, 1.82) is 0 Å². The Morgan fingerprint density at radius 1 is 0.620 bits per heavy atom. The first kappa shape index (κ1) is 22.8. The molecule has 5 heteroatoms. The molecule has 0 spiro atoms. The lowest BCUT2D eigenvalue weighted by Crippen LogP contribution is -2.33. The molecule has 5 nitrogen and oxygen atoms in total. The number of hydrogen-bond acceptors (Lipinski definition) is 2. The van der Waals surface area contributed by atoms with Crippen LogP contribution in [-0.2, 0) is 16.2 Å². The molecule has 8 aromatic carbocycles. The second-order valence-electron chi connectivity index (χ2n) is 18.2. The van der Waals surface area contributed by atoms with Crippen molar-refractivity contribution in [3.8, 4) is 62.1 Å². The molecule has 11 aromatic rings. The Labute approximate surface area is 458 Å². The summed E-state index contributed by atoms with van der Waals surface area (Å²) in [4.78, 5) is 4.79. The van der Waals surface area contributed by atoms with Gasteiger partial charge in [-0.2, -0.15) is 0 Å². The van der Waals surface area contributed by atoms with Crippen molar-refractivity contribution in [2.75, 3.05) is 0 Å². The minimum absolute atomic E-state index is 0.0549. The van der Waals surface area contributed by atoms with E-state index in [0.717, 1.165) is 27.9 Å². The topological polar surface area (TPSA) is 35.9 Å². The van der Waals surface area contributed by atoms with E-state index >= 15 is 0 Å². The number of aromatic nitrogens is 4. The number of hydrogen-bond donors (Lipinski definition) is 0. The standard InChI is InChI=1S/C66H58N4O/c1-64(2,3)48-34-37-67-62(40-48)70-58-27-15-14-24-54(58)55-31-30-51(42-60(55)70)71-50-23-16-22-49(41-50)68-43-69(63-52(44-18-10-8-11-19-44)25-17-26-53(63)45-20-12-9-13-21-45)59-33-29-47(39-61(59)68)46-28-32-56-57(38-46)66(6,7)36-35-65(56,4)5/h8-34,37-42H,35-36H2,1-7H3/i4D3,5D3,6D3,7D3,8D,9D,10D,11D,12D,13D,18D,19D,20D,21D,28D,32D,35D2,36D2,38D. The van der Waals surface area contributed by atoms with Crippen LogP contribution >= 0.6 is 0 Å². The molecule has 3 heterocycles. The van der Waals surface area contributed by atoms with Gasteiger partial charge in [-0.25, -0.2) is 4.98 Å². The number of para-hydroxylation sites is 2. The SMILES string of the molecule is [2H]c1c([2H])c([2H])c(-c2cccc(-c3c([2H])c([2H])c([2H])c([2H])c3[2H])c2-[n+]2[c-]n(-c3cccc(Oc4ccc5c6ccccc6n(-c6cc(C(C)(C)C)ccn6)c5c4)c3)c3cc(-c4c([2H])c([2H])c5c(c4[2H])C(C([2H])([2H])[2H])(C([2H])([2H])[2H])C([2H])([2H])C([2H])([2H])C5(C([2H])([2H])[2H])C([2H])([2H])[2H])ccc32)c([2H])c1[2H]. The largest absolute Gasteiger partial charge is 0.458 e. The van der Waals surface area contributed by atoms with Crippen LogP contribution in [0.2, 0.25) is 0 Å². The summed E-state index contributed by atoms with van der Waals surface area (Å²) >= 11 is 0. The molecule has 0 N–H and O–H groups in total. The van der Waals surface area contributed by atoms with E-state index in [9.17, 15) is 15.1 Å². The fourth-order valence-electron chi connectivity index (χ4n) is 9.09. The zero-order valence-electron chi connectivity index (χ0n) is 67.2. The molecule has 0 fully saturated rings. The average Bonchev–Trinajstić information content (AvgIpc) is 0.660. The molecule has 1 aliphatic carbocycles. The molecule has 0 saturated carbocycles. The van der Waals surface area contributed by atoms with E-state index in [1.165, 1.54) is 45.5 Å². The average molecular weight is 952 g/mol. The van der Waals surface area contributed by atoms with Gasteiger partial charge in [-0.05, 0) is 134 Å². The molecule has 0 radical (unpaired) electrons. The van der Waals surface area contributed by atoms with Crippen molar-refractivity contribution < 1.29 is 49.1 Å². The molecule has 0 amide bonds. The van der Waals surface area contributed by atoms with Crippen molar-refractivity contribution in [2.24, 2.45) is 0 Å². The lowest BCUT2D eigenvalue weighted by atomic mass is 9.63. The van der Waals surface area contributed by atoms with E-state index in [1.54, 1.807) is 30.5 Å². The van der Waals surface area contributed by atoms with Gasteiger partial charge < -0.3 is 4.74 Å². The molecule has 1 aliphatic rings. The number of ether oxygens (including phenoxy) is 1. The van der Waals surface area contributed by atoms with Crippen molar-refractivity contribution in [3.63, 3.8) is 0 Å². The van der Waals surface area contributed by atoms with Gasteiger partial charge >= 0.3 is 0 Å². The number of benzene rings is 8. The number of imidazole rings is 1. The van der Waals surface area contributed by atoms with Gasteiger partial charge in [0, 0.05) is 45.0 Å². The maximum absolute atomic E-state index is 10.1. The van der Waals surface area contributed by atoms with Crippen LogP contribution < -0.4 is 9.30 Å². The van der Waals surface area contributed by atoms with Crippen LogP contribution in [0.3, 0.4) is 0 Å². The Balaban J connectivity index is 1.19. The van der Waals surface area contributed by atoms with E-state index in [0.29, 0.717) is 17.1 Å². The van der Waals surface area contributed by atoms with Gasteiger partial charge in [-0.15, -0.1) is 0 Å². The summed E-state index contributed by atoms with van der Waals surface area (Å²) in [6.45, 7) is -11.1. The maximum Gasteiger partial charge on any atom is 0.269 e. The summed E-state index contributed by atoms with van der Waals surface area (Å²) in [5.74, 6) is 1.11. The highest BCUT2D eigenvalue weighted by Crippen LogP contribution is 2.47. The van der Waals surface area contributed by atoms with E-state index in [1.807, 2.05) is 53.1 Å². The molecular weight excluding hydrogens is 865 g/mol. The molecule has 0 saturated heterocycles. The van der Waals surface area contributed by atoms with Gasteiger partial charge in [0.05, 0.1) is 51.3 Å². The first-order valence-corrected chi connectivity index (χ1v) is 22.5. The molecule has 0 atom stereocenters. The number of rotatable bonds is 8. The van der Waals surface area contributed by atoms with Crippen molar-refractivity contribution in [3.05, 3.63) is 223 Å². The summed E-state index contributed by atoms with van der Waals surface area (Å²) in [7, 11) is 0. The number of pyridine rings is 1. The summed E-state index contributed by atoms with van der Waals surface area (Å²) in [5, 5.41) is 1.78. The van der Waals surface area contributed by atoms with Crippen LogP contribution in [0, 0.1) is 6.33 Å². The van der Waals surface area contributed by atoms with E-state index in [2.05, 4.69) is 27.1 Å². The molecule has 0 bridgehead atoms. The van der Waals surface area contributed by atoms with Crippen LogP contribution in [0.5, 0.6) is 11.5 Å². The number of nitrogens with zero attached hydrogens (tertiary/aromatic N) is 4. The monoisotopic (exact) mass is 952 g/mol. The highest BCUT2D eigenvalue weighted by molar-refractivity contribution is 6.09. The predicted molar refractivity (Wildman–Crippen MR) is 293 cm³/mol. The normalized spacial score (nSPS) is 22.3. The summed E-state index contributed by atoms with van der Waals surface area (Å²) in [6, 6.07) is 19.2. The van der Waals surface area contributed by atoms with Crippen molar-refractivity contribution >= 4 is 32.8 Å². The van der Waals surface area contributed by atoms with Crippen LogP contribution in [-0.4, -0.2) is 14.1 Å². The second-order valence-corrected chi connectivity index (χ2v) is 18.2. The third-order valence-electron chi connectivity index (χ3n) is 12.5. The molecule has 12 rings (SSSR count). The minimum Gasteiger partial charge on any atom is -0.458 e. The highest BCUT2D eigenvalue weighted by Gasteiger charge is 2.37. The molecular formula is C66H58N4O. The summed E-state index contributed by atoms with van der Waals surface area (Å²) in [5.41, 5.74) is -12.7. The zero-order valence-corrected chi connectivity index (χ0v) is 38.2. The maximum atomic E-state index is 10.1. The highest BCUT2D eigenvalue weighted by atomic mass is 16.5. The van der Waals surface area contributed by atoms with Gasteiger partial charge in [-0.1, -0.05) is 181 Å². The Bertz CT molecular complexity index is 5110. The summed E-state index contributed by atoms with van der Waals surface area (Å²) in [6.07, 6.45) is -4.25. The fourth-order valence-corrected chi connectivity index (χ4v) is 9.09. The smallest absolute Gasteiger partial charge is 0.269 e. The first-order valence-electron chi connectivity index (χ1n) is 37.0. The number of fused-ring (bicyclic) bond motifs is 5. The Morgan fingerprint density at radius 2 is 1.31 bits per heavy atom. The molecule has 71 heavy (non-hydrogen) atoms. The third kappa shape index (κ3) is 7.81. The van der Waals surface area contributed by atoms with E-state index in [4.69, 9.17) is 34.4 Å². The van der Waals surface area contributed by atoms with E-state index in [-0.39, 0.29) is 44.7 Å². The van der Waals surface area contributed by atoms with Crippen LogP contribution in [0.25, 0.3) is 83.4 Å².